The third kappa shape index (κ3) is 2.37. The molecule has 0 aliphatic heterocycles. The standard InChI is InChI=1S/C14H12N2O2S/c1-8-3-4-10-6-12(18-11(10)5-8)13(17)16-14-15-9(2)7-19-14/h3-7H,1-2H3,(H,15,16,17). The van der Waals surface area contributed by atoms with E-state index in [9.17, 15) is 4.79 Å². The van der Waals surface area contributed by atoms with Crippen LogP contribution in [0.5, 0.6) is 0 Å². The summed E-state index contributed by atoms with van der Waals surface area (Å²) in [6, 6.07) is 7.59. The maximum absolute atomic E-state index is 12.0. The molecule has 2 heterocycles. The van der Waals surface area contributed by atoms with Crippen LogP contribution in [0.25, 0.3) is 11.0 Å². The van der Waals surface area contributed by atoms with Crippen LogP contribution in [0.3, 0.4) is 0 Å². The summed E-state index contributed by atoms with van der Waals surface area (Å²) in [5.74, 6) is 0.0247. The number of benzene rings is 1. The van der Waals surface area contributed by atoms with Crippen molar-refractivity contribution < 1.29 is 9.21 Å². The first-order chi connectivity index (χ1) is 9.11. The Morgan fingerprint density at radius 1 is 1.32 bits per heavy atom. The molecular formula is C14H12N2O2S. The van der Waals surface area contributed by atoms with Gasteiger partial charge in [0, 0.05) is 10.8 Å². The summed E-state index contributed by atoms with van der Waals surface area (Å²) in [5, 5.41) is 6.12. The first-order valence-corrected chi connectivity index (χ1v) is 6.73. The summed E-state index contributed by atoms with van der Waals surface area (Å²) in [6.45, 7) is 3.87. The Kier molecular flexibility index (Phi) is 2.83. The maximum Gasteiger partial charge on any atom is 0.293 e. The number of hydrogen-bond donors (Lipinski definition) is 1. The number of hydrogen-bond acceptors (Lipinski definition) is 4. The molecule has 0 unspecified atom stereocenters. The van der Waals surface area contributed by atoms with Gasteiger partial charge in [0.05, 0.1) is 5.69 Å². The number of aryl methyl sites for hydroxylation is 2. The third-order valence-electron chi connectivity index (χ3n) is 2.74. The van der Waals surface area contributed by atoms with E-state index in [0.29, 0.717) is 10.9 Å². The molecule has 1 amide bonds. The molecule has 0 radical (unpaired) electrons. The predicted octanol–water partition coefficient (Wildman–Crippen LogP) is 3.76. The molecule has 0 spiro atoms. The molecule has 4 nitrogen and oxygen atoms in total. The van der Waals surface area contributed by atoms with Crippen molar-refractivity contribution in [2.24, 2.45) is 0 Å². The summed E-state index contributed by atoms with van der Waals surface area (Å²) in [4.78, 5) is 16.2. The maximum atomic E-state index is 12.0. The van der Waals surface area contributed by atoms with Crippen molar-refractivity contribution in [1.29, 1.82) is 0 Å². The molecule has 0 aliphatic rings. The Labute approximate surface area is 114 Å². The van der Waals surface area contributed by atoms with E-state index in [0.717, 1.165) is 22.2 Å². The predicted molar refractivity (Wildman–Crippen MR) is 75.8 cm³/mol. The van der Waals surface area contributed by atoms with Gasteiger partial charge in [-0.2, -0.15) is 0 Å². The van der Waals surface area contributed by atoms with E-state index in [1.165, 1.54) is 11.3 Å². The van der Waals surface area contributed by atoms with Crippen molar-refractivity contribution in [2.45, 2.75) is 13.8 Å². The largest absolute Gasteiger partial charge is 0.451 e. The van der Waals surface area contributed by atoms with E-state index in [-0.39, 0.29) is 5.91 Å². The number of nitrogens with zero attached hydrogens (tertiary/aromatic N) is 1. The van der Waals surface area contributed by atoms with Gasteiger partial charge in [-0.1, -0.05) is 12.1 Å². The van der Waals surface area contributed by atoms with Crippen molar-refractivity contribution in [3.8, 4) is 0 Å². The topological polar surface area (TPSA) is 55.1 Å². The number of carbonyl (C=O) groups is 1. The second-order valence-corrected chi connectivity index (χ2v) is 5.26. The van der Waals surface area contributed by atoms with E-state index in [2.05, 4.69) is 10.3 Å². The fourth-order valence-corrected chi connectivity index (χ4v) is 2.50. The molecule has 5 heteroatoms. The average molecular weight is 272 g/mol. The highest BCUT2D eigenvalue weighted by Gasteiger charge is 2.13. The van der Waals surface area contributed by atoms with Crippen LogP contribution in [0.4, 0.5) is 5.13 Å². The Hall–Kier alpha value is -2.14. The quantitative estimate of drug-likeness (QED) is 0.772. The first kappa shape index (κ1) is 11.9. The normalized spacial score (nSPS) is 10.8. The second kappa shape index (κ2) is 4.51. The minimum atomic E-state index is -0.275. The van der Waals surface area contributed by atoms with Crippen molar-refractivity contribution in [3.63, 3.8) is 0 Å². The zero-order valence-corrected chi connectivity index (χ0v) is 11.4. The van der Waals surface area contributed by atoms with Crippen LogP contribution in [0.1, 0.15) is 21.8 Å². The highest BCUT2D eigenvalue weighted by Crippen LogP contribution is 2.22. The number of aromatic nitrogens is 1. The molecule has 0 saturated carbocycles. The number of rotatable bonds is 2. The van der Waals surface area contributed by atoms with Crippen molar-refractivity contribution in [1.82, 2.24) is 4.98 Å². The fourth-order valence-electron chi connectivity index (χ4n) is 1.82. The number of fused-ring (bicyclic) bond motifs is 1. The molecule has 2 aromatic heterocycles. The lowest BCUT2D eigenvalue weighted by Gasteiger charge is -1.96. The van der Waals surface area contributed by atoms with Crippen molar-refractivity contribution in [2.75, 3.05) is 5.32 Å². The molecule has 0 bridgehead atoms. The molecule has 1 aromatic carbocycles. The van der Waals surface area contributed by atoms with Gasteiger partial charge in [0.1, 0.15) is 5.58 Å². The zero-order chi connectivity index (χ0) is 13.4. The van der Waals surface area contributed by atoms with Crippen LogP contribution < -0.4 is 5.32 Å². The Morgan fingerprint density at radius 3 is 2.89 bits per heavy atom. The lowest BCUT2D eigenvalue weighted by atomic mass is 10.2. The van der Waals surface area contributed by atoms with E-state index in [4.69, 9.17) is 4.42 Å². The molecule has 0 aliphatic carbocycles. The SMILES string of the molecule is Cc1ccc2cc(C(=O)Nc3nc(C)cs3)oc2c1. The fraction of sp³-hybridized carbons (Fsp3) is 0.143. The molecule has 0 saturated heterocycles. The number of nitrogens with one attached hydrogen (secondary N) is 1. The van der Waals surface area contributed by atoms with Crippen LogP contribution in [-0.4, -0.2) is 10.9 Å². The van der Waals surface area contributed by atoms with Crippen molar-refractivity contribution >= 4 is 33.3 Å². The molecule has 0 atom stereocenters. The zero-order valence-electron chi connectivity index (χ0n) is 10.6. The van der Waals surface area contributed by atoms with Gasteiger partial charge in [-0.25, -0.2) is 4.98 Å². The molecule has 3 rings (SSSR count). The minimum absolute atomic E-state index is 0.275. The van der Waals surface area contributed by atoms with Crippen LogP contribution >= 0.6 is 11.3 Å². The summed E-state index contributed by atoms with van der Waals surface area (Å²) < 4.78 is 5.55. The monoisotopic (exact) mass is 272 g/mol. The summed E-state index contributed by atoms with van der Waals surface area (Å²) in [5.41, 5.74) is 2.71. The summed E-state index contributed by atoms with van der Waals surface area (Å²) in [7, 11) is 0. The van der Waals surface area contributed by atoms with Gasteiger partial charge >= 0.3 is 0 Å². The van der Waals surface area contributed by atoms with E-state index < -0.39 is 0 Å². The number of carbonyl (C=O) groups excluding carboxylic acids is 1. The molecule has 96 valence electrons. The van der Waals surface area contributed by atoms with Crippen LogP contribution in [0.2, 0.25) is 0 Å². The third-order valence-corrected chi connectivity index (χ3v) is 3.61. The van der Waals surface area contributed by atoms with E-state index >= 15 is 0 Å². The Balaban J connectivity index is 1.89. The van der Waals surface area contributed by atoms with Gasteiger partial charge in [-0.05, 0) is 31.5 Å². The Bertz CT molecular complexity index is 758. The van der Waals surface area contributed by atoms with Crippen LogP contribution in [0.15, 0.2) is 34.1 Å². The number of furan rings is 1. The minimum Gasteiger partial charge on any atom is -0.451 e. The molecule has 3 aromatic rings. The average Bonchev–Trinajstić information content (AvgIpc) is 2.95. The second-order valence-electron chi connectivity index (χ2n) is 4.40. The van der Waals surface area contributed by atoms with E-state index in [1.807, 2.05) is 37.4 Å². The Morgan fingerprint density at radius 2 is 2.16 bits per heavy atom. The summed E-state index contributed by atoms with van der Waals surface area (Å²) in [6.07, 6.45) is 0. The first-order valence-electron chi connectivity index (χ1n) is 5.85. The van der Waals surface area contributed by atoms with Gasteiger partial charge in [0.2, 0.25) is 0 Å². The molecule has 19 heavy (non-hydrogen) atoms. The van der Waals surface area contributed by atoms with Gasteiger partial charge < -0.3 is 4.42 Å². The van der Waals surface area contributed by atoms with Crippen LogP contribution in [-0.2, 0) is 0 Å². The van der Waals surface area contributed by atoms with Gasteiger partial charge in [-0.15, -0.1) is 11.3 Å². The number of amides is 1. The van der Waals surface area contributed by atoms with Crippen LogP contribution in [0, 0.1) is 13.8 Å². The highest BCUT2D eigenvalue weighted by molar-refractivity contribution is 7.13. The molecule has 0 fully saturated rings. The molecular weight excluding hydrogens is 260 g/mol. The smallest absolute Gasteiger partial charge is 0.293 e. The lowest BCUT2D eigenvalue weighted by molar-refractivity contribution is 0.0998. The lowest BCUT2D eigenvalue weighted by Crippen LogP contribution is -2.10. The van der Waals surface area contributed by atoms with Crippen molar-refractivity contribution in [3.05, 3.63) is 46.7 Å². The number of anilines is 1. The highest BCUT2D eigenvalue weighted by atomic mass is 32.1. The summed E-state index contributed by atoms with van der Waals surface area (Å²) >= 11 is 1.40. The van der Waals surface area contributed by atoms with E-state index in [1.54, 1.807) is 6.07 Å². The number of thiazole rings is 1. The van der Waals surface area contributed by atoms with Gasteiger partial charge in [-0.3, -0.25) is 10.1 Å². The van der Waals surface area contributed by atoms with Gasteiger partial charge in [0.25, 0.3) is 5.91 Å². The van der Waals surface area contributed by atoms with Gasteiger partial charge in [0.15, 0.2) is 10.9 Å². The molecule has 1 N–H and O–H groups in total.